The molecule has 0 aromatic carbocycles. The molecule has 0 heterocycles. The summed E-state index contributed by atoms with van der Waals surface area (Å²) in [5.41, 5.74) is 0. The molecule has 0 fully saturated rings. The first-order valence-electron chi connectivity index (χ1n) is 6.70. The molecule has 1 atom stereocenters. The zero-order chi connectivity index (χ0) is 15.4. The van der Waals surface area contributed by atoms with Gasteiger partial charge in [-0.25, -0.2) is 0 Å². The topological polar surface area (TPSA) is 52.6 Å². The van der Waals surface area contributed by atoms with Gasteiger partial charge < -0.3 is 9.47 Å². The maximum absolute atomic E-state index is 12.0. The lowest BCUT2D eigenvalue weighted by atomic mass is 9.90. The Kier molecular flexibility index (Phi) is 9.87. The first-order valence-corrected chi connectivity index (χ1v) is 6.70. The van der Waals surface area contributed by atoms with E-state index < -0.39 is 17.9 Å². The Morgan fingerprint density at radius 1 is 1.00 bits per heavy atom. The van der Waals surface area contributed by atoms with E-state index >= 15 is 0 Å². The van der Waals surface area contributed by atoms with Crippen molar-refractivity contribution in [2.75, 3.05) is 13.2 Å². The number of rotatable bonds is 7. The van der Waals surface area contributed by atoms with E-state index in [2.05, 4.69) is 23.7 Å². The van der Waals surface area contributed by atoms with Crippen LogP contribution in [-0.2, 0) is 19.1 Å². The lowest BCUT2D eigenvalue weighted by Gasteiger charge is -2.19. The summed E-state index contributed by atoms with van der Waals surface area (Å²) in [6.07, 6.45) is 1.62. The molecule has 0 aliphatic carbocycles. The number of ether oxygens (including phenoxy) is 2. The molecule has 4 heteroatoms. The Balaban J connectivity index is 4.74. The summed E-state index contributed by atoms with van der Waals surface area (Å²) in [6, 6.07) is 0. The van der Waals surface area contributed by atoms with Crippen LogP contribution in [0.3, 0.4) is 0 Å². The van der Waals surface area contributed by atoms with E-state index in [0.29, 0.717) is 0 Å². The summed E-state index contributed by atoms with van der Waals surface area (Å²) in [5.74, 6) is 8.30. The van der Waals surface area contributed by atoms with E-state index in [9.17, 15) is 9.59 Å². The van der Waals surface area contributed by atoms with Gasteiger partial charge in [-0.05, 0) is 26.2 Å². The Morgan fingerprint density at radius 2 is 1.45 bits per heavy atom. The van der Waals surface area contributed by atoms with E-state index in [-0.39, 0.29) is 19.1 Å². The van der Waals surface area contributed by atoms with Gasteiger partial charge >= 0.3 is 11.9 Å². The minimum atomic E-state index is -0.910. The molecule has 0 amide bonds. The summed E-state index contributed by atoms with van der Waals surface area (Å²) < 4.78 is 9.98. The molecule has 0 saturated carbocycles. The van der Waals surface area contributed by atoms with Crippen LogP contribution in [0.5, 0.6) is 0 Å². The fourth-order valence-electron chi connectivity index (χ4n) is 1.72. The van der Waals surface area contributed by atoms with Crippen molar-refractivity contribution < 1.29 is 19.1 Å². The maximum Gasteiger partial charge on any atom is 0.321 e. The molecule has 0 rings (SSSR count). The second-order valence-corrected chi connectivity index (χ2v) is 4.31. The van der Waals surface area contributed by atoms with Gasteiger partial charge in [-0.15, -0.1) is 11.8 Å². The van der Waals surface area contributed by atoms with Crippen molar-refractivity contribution in [1.29, 1.82) is 0 Å². The van der Waals surface area contributed by atoms with Gasteiger partial charge in [0.15, 0.2) is 19.1 Å². The summed E-state index contributed by atoms with van der Waals surface area (Å²) in [7, 11) is 0. The van der Waals surface area contributed by atoms with Gasteiger partial charge in [-0.2, -0.15) is 0 Å². The van der Waals surface area contributed by atoms with Crippen molar-refractivity contribution in [3.8, 4) is 23.7 Å². The molecule has 0 bridgehead atoms. The zero-order valence-corrected chi connectivity index (χ0v) is 12.6. The van der Waals surface area contributed by atoms with Crippen LogP contribution in [0, 0.1) is 35.5 Å². The molecule has 110 valence electrons. The molecular formula is C16H22O4. The summed E-state index contributed by atoms with van der Waals surface area (Å²) in [6.45, 7) is 7.13. The van der Waals surface area contributed by atoms with Gasteiger partial charge in [0.2, 0.25) is 0 Å². The van der Waals surface area contributed by atoms with Gasteiger partial charge in [0.1, 0.15) is 0 Å². The van der Waals surface area contributed by atoms with Crippen LogP contribution in [0.25, 0.3) is 0 Å². The molecule has 0 N–H and O–H groups in total. The van der Waals surface area contributed by atoms with Crippen molar-refractivity contribution >= 4 is 11.9 Å². The summed E-state index contributed by atoms with van der Waals surface area (Å²) >= 11 is 0. The quantitative estimate of drug-likeness (QED) is 0.407. The van der Waals surface area contributed by atoms with E-state index in [1.807, 2.05) is 13.8 Å². The Hall–Kier alpha value is -1.94. The van der Waals surface area contributed by atoms with Crippen molar-refractivity contribution in [3.63, 3.8) is 0 Å². The minimum Gasteiger partial charge on any atom is -0.452 e. The number of hydrogen-bond donors (Lipinski definition) is 0. The second kappa shape index (κ2) is 10.9. The Bertz CT molecular complexity index is 395. The molecule has 20 heavy (non-hydrogen) atoms. The standard InChI is InChI=1S/C16H22O4/c1-5-8-11-19-15(17)14(13(4)10-7-3)16(18)20-12-9-6-2/h13-14H,7,10-12H2,1-4H3. The monoisotopic (exact) mass is 278 g/mol. The van der Waals surface area contributed by atoms with Crippen molar-refractivity contribution in [3.05, 3.63) is 0 Å². The fourth-order valence-corrected chi connectivity index (χ4v) is 1.72. The predicted octanol–water partition coefficient (Wildman–Crippen LogP) is 2.17. The lowest BCUT2D eigenvalue weighted by molar-refractivity contribution is -0.163. The number of esters is 2. The summed E-state index contributed by atoms with van der Waals surface area (Å²) in [4.78, 5) is 24.0. The van der Waals surface area contributed by atoms with Crippen LogP contribution in [-0.4, -0.2) is 25.2 Å². The lowest BCUT2D eigenvalue weighted by Crippen LogP contribution is -2.33. The molecule has 0 aromatic rings. The van der Waals surface area contributed by atoms with E-state index in [1.165, 1.54) is 0 Å². The smallest absolute Gasteiger partial charge is 0.321 e. The van der Waals surface area contributed by atoms with Gasteiger partial charge in [-0.1, -0.05) is 32.1 Å². The number of carbonyl (C=O) groups excluding carboxylic acids is 2. The van der Waals surface area contributed by atoms with Crippen LogP contribution in [0.1, 0.15) is 40.5 Å². The average Bonchev–Trinajstić information content (AvgIpc) is 2.40. The highest BCUT2D eigenvalue weighted by Gasteiger charge is 2.34. The van der Waals surface area contributed by atoms with Crippen LogP contribution in [0.2, 0.25) is 0 Å². The maximum atomic E-state index is 12.0. The number of carbonyl (C=O) groups is 2. The van der Waals surface area contributed by atoms with E-state index in [1.54, 1.807) is 13.8 Å². The SMILES string of the molecule is CC#CCOC(=O)C(C(=O)OCC#CC)C(C)CCC. The van der Waals surface area contributed by atoms with Crippen molar-refractivity contribution in [1.82, 2.24) is 0 Å². The van der Waals surface area contributed by atoms with Gasteiger partial charge in [0, 0.05) is 0 Å². The van der Waals surface area contributed by atoms with E-state index in [4.69, 9.17) is 9.47 Å². The molecule has 0 aromatic heterocycles. The Labute approximate surface area is 121 Å². The highest BCUT2D eigenvalue weighted by Crippen LogP contribution is 2.20. The third-order valence-electron chi connectivity index (χ3n) is 2.75. The zero-order valence-electron chi connectivity index (χ0n) is 12.6. The molecule has 0 aliphatic heterocycles. The largest absolute Gasteiger partial charge is 0.452 e. The van der Waals surface area contributed by atoms with Crippen molar-refractivity contribution in [2.45, 2.75) is 40.5 Å². The predicted molar refractivity (Wildman–Crippen MR) is 76.4 cm³/mol. The molecule has 0 saturated heterocycles. The third-order valence-corrected chi connectivity index (χ3v) is 2.75. The van der Waals surface area contributed by atoms with Crippen LogP contribution < -0.4 is 0 Å². The fraction of sp³-hybridized carbons (Fsp3) is 0.625. The van der Waals surface area contributed by atoms with Gasteiger partial charge in [-0.3, -0.25) is 9.59 Å². The highest BCUT2D eigenvalue weighted by molar-refractivity contribution is 5.95. The number of hydrogen-bond acceptors (Lipinski definition) is 4. The Morgan fingerprint density at radius 3 is 1.80 bits per heavy atom. The molecular weight excluding hydrogens is 256 g/mol. The van der Waals surface area contributed by atoms with Gasteiger partial charge in [0.05, 0.1) is 0 Å². The second-order valence-electron chi connectivity index (χ2n) is 4.31. The first-order chi connectivity index (χ1) is 9.58. The van der Waals surface area contributed by atoms with Crippen molar-refractivity contribution in [2.24, 2.45) is 11.8 Å². The average molecular weight is 278 g/mol. The molecule has 4 nitrogen and oxygen atoms in total. The van der Waals surface area contributed by atoms with E-state index in [0.717, 1.165) is 12.8 Å². The van der Waals surface area contributed by atoms with Crippen LogP contribution in [0.15, 0.2) is 0 Å². The third kappa shape index (κ3) is 6.85. The molecule has 0 aliphatic rings. The molecule has 1 unspecified atom stereocenters. The molecule has 0 radical (unpaired) electrons. The first kappa shape index (κ1) is 18.1. The minimum absolute atomic E-state index is 0.00722. The normalized spacial score (nSPS) is 10.7. The summed E-state index contributed by atoms with van der Waals surface area (Å²) in [5, 5.41) is 0. The highest BCUT2D eigenvalue weighted by atomic mass is 16.6. The van der Waals surface area contributed by atoms with Crippen LogP contribution in [0.4, 0.5) is 0 Å². The van der Waals surface area contributed by atoms with Crippen LogP contribution >= 0.6 is 0 Å². The molecule has 0 spiro atoms. The van der Waals surface area contributed by atoms with Gasteiger partial charge in [0.25, 0.3) is 0 Å².